The van der Waals surface area contributed by atoms with Crippen LogP contribution in [0.5, 0.6) is 0 Å². The van der Waals surface area contributed by atoms with Gasteiger partial charge in [-0.3, -0.25) is 14.2 Å². The van der Waals surface area contributed by atoms with E-state index in [0.29, 0.717) is 17.2 Å². The number of hydrogen-bond donors (Lipinski definition) is 1. The van der Waals surface area contributed by atoms with Crippen molar-refractivity contribution in [3.05, 3.63) is 81.4 Å². The first-order valence-corrected chi connectivity index (χ1v) is 9.84. The Labute approximate surface area is 186 Å². The first kappa shape index (κ1) is 21.2. The van der Waals surface area contributed by atoms with Gasteiger partial charge in [-0.05, 0) is 29.8 Å². The van der Waals surface area contributed by atoms with Crippen molar-refractivity contribution in [1.82, 2.24) is 24.5 Å². The molecular weight excluding hydrogens is 436 g/mol. The van der Waals surface area contributed by atoms with Crippen molar-refractivity contribution < 1.29 is 14.3 Å². The second kappa shape index (κ2) is 8.98. The van der Waals surface area contributed by atoms with Gasteiger partial charge in [0.05, 0.1) is 24.9 Å². The van der Waals surface area contributed by atoms with Crippen LogP contribution in [0.25, 0.3) is 11.2 Å². The Balaban J connectivity index is 1.54. The Kier molecular flexibility index (Phi) is 5.95. The summed E-state index contributed by atoms with van der Waals surface area (Å²) in [6, 6.07) is 13.6. The molecule has 0 fully saturated rings. The molecule has 0 atom stereocenters. The van der Waals surface area contributed by atoms with Crippen LogP contribution in [-0.4, -0.2) is 43.5 Å². The van der Waals surface area contributed by atoms with Gasteiger partial charge in [0.25, 0.3) is 5.56 Å². The van der Waals surface area contributed by atoms with E-state index in [9.17, 15) is 14.4 Å². The van der Waals surface area contributed by atoms with Gasteiger partial charge in [-0.1, -0.05) is 41.1 Å². The summed E-state index contributed by atoms with van der Waals surface area (Å²) >= 11 is 5.90. The molecule has 1 amide bonds. The number of ether oxygens (including phenoxy) is 1. The summed E-state index contributed by atoms with van der Waals surface area (Å²) in [5.74, 6) is -1.10. The maximum Gasteiger partial charge on any atom is 0.339 e. The number of amides is 1. The number of fused-ring (bicyclic) bond motifs is 1. The highest BCUT2D eigenvalue weighted by Crippen LogP contribution is 2.16. The van der Waals surface area contributed by atoms with Gasteiger partial charge in [-0.15, -0.1) is 5.10 Å². The molecule has 4 aromatic rings. The first-order valence-electron chi connectivity index (χ1n) is 9.46. The molecule has 0 aliphatic rings. The average Bonchev–Trinajstić information content (AvgIpc) is 3.20. The number of nitrogens with zero attached hydrogens (tertiary/aromatic N) is 5. The summed E-state index contributed by atoms with van der Waals surface area (Å²) in [6.45, 7) is 0.0379. The van der Waals surface area contributed by atoms with E-state index < -0.39 is 17.4 Å². The summed E-state index contributed by atoms with van der Waals surface area (Å²) in [4.78, 5) is 41.4. The van der Waals surface area contributed by atoms with Gasteiger partial charge in [0, 0.05) is 5.02 Å². The molecular formula is C21H17ClN6O4. The molecule has 0 aliphatic heterocycles. The maximum absolute atomic E-state index is 12.8. The van der Waals surface area contributed by atoms with E-state index in [4.69, 9.17) is 16.3 Å². The zero-order valence-corrected chi connectivity index (χ0v) is 17.6. The Hall–Kier alpha value is -4.05. The summed E-state index contributed by atoms with van der Waals surface area (Å²) in [5.41, 5.74) is 1.24. The summed E-state index contributed by atoms with van der Waals surface area (Å²) in [6.07, 6.45) is 1.26. The van der Waals surface area contributed by atoms with Crippen molar-refractivity contribution in [2.45, 2.75) is 13.1 Å². The zero-order chi connectivity index (χ0) is 22.7. The van der Waals surface area contributed by atoms with Gasteiger partial charge in [-0.25, -0.2) is 14.5 Å². The topological polar surface area (TPSA) is 121 Å². The summed E-state index contributed by atoms with van der Waals surface area (Å²) < 4.78 is 7.34. The zero-order valence-electron chi connectivity index (χ0n) is 16.9. The molecule has 0 saturated heterocycles. The molecule has 2 heterocycles. The third-order valence-electron chi connectivity index (χ3n) is 4.66. The number of rotatable bonds is 6. The molecule has 0 saturated carbocycles. The molecule has 2 aromatic carbocycles. The standard InChI is InChI=1S/C21H17ClN6O4/c1-32-21(31)15-4-2-3-5-16(15)24-17(29)11-27-12-23-19-18(20(27)30)25-26-28(19)10-13-6-8-14(22)9-7-13/h2-9,12H,10-11H2,1H3,(H,24,29). The van der Waals surface area contributed by atoms with Crippen LogP contribution >= 0.6 is 11.6 Å². The number of methoxy groups -OCH3 is 1. The minimum absolute atomic E-state index is 0.0456. The fraction of sp³-hybridized carbons (Fsp3) is 0.143. The number of carbonyl (C=O) groups excluding carboxylic acids is 2. The first-order chi connectivity index (χ1) is 15.5. The second-order valence-corrected chi connectivity index (χ2v) is 7.25. The molecule has 4 rings (SSSR count). The number of halogens is 1. The van der Waals surface area contributed by atoms with E-state index in [-0.39, 0.29) is 23.3 Å². The summed E-state index contributed by atoms with van der Waals surface area (Å²) in [7, 11) is 1.25. The van der Waals surface area contributed by atoms with Crippen molar-refractivity contribution in [2.24, 2.45) is 0 Å². The highest BCUT2D eigenvalue weighted by molar-refractivity contribution is 6.30. The number of carbonyl (C=O) groups is 2. The highest BCUT2D eigenvalue weighted by atomic mass is 35.5. The number of hydrogen-bond acceptors (Lipinski definition) is 7. The highest BCUT2D eigenvalue weighted by Gasteiger charge is 2.16. The third-order valence-corrected chi connectivity index (χ3v) is 4.91. The fourth-order valence-electron chi connectivity index (χ4n) is 3.09. The van der Waals surface area contributed by atoms with Crippen molar-refractivity contribution >= 4 is 40.3 Å². The van der Waals surface area contributed by atoms with Gasteiger partial charge in [0.15, 0.2) is 11.2 Å². The van der Waals surface area contributed by atoms with Crippen molar-refractivity contribution in [1.29, 1.82) is 0 Å². The van der Waals surface area contributed by atoms with Gasteiger partial charge < -0.3 is 10.1 Å². The molecule has 11 heteroatoms. The van der Waals surface area contributed by atoms with Gasteiger partial charge in [-0.2, -0.15) is 0 Å². The van der Waals surface area contributed by atoms with Crippen molar-refractivity contribution in [3.8, 4) is 0 Å². The van der Waals surface area contributed by atoms with Crippen LogP contribution in [0.3, 0.4) is 0 Å². The SMILES string of the molecule is COC(=O)c1ccccc1NC(=O)Cn1cnc2c(nnn2Cc2ccc(Cl)cc2)c1=O. The maximum atomic E-state index is 12.8. The largest absolute Gasteiger partial charge is 0.465 e. The molecule has 0 unspecified atom stereocenters. The number of nitrogens with one attached hydrogen (secondary N) is 1. The quantitative estimate of drug-likeness (QED) is 0.445. The molecule has 0 aliphatic carbocycles. The van der Waals surface area contributed by atoms with Crippen LogP contribution in [0.15, 0.2) is 59.7 Å². The summed E-state index contributed by atoms with van der Waals surface area (Å²) in [5, 5.41) is 11.2. The molecule has 162 valence electrons. The van der Waals surface area contributed by atoms with E-state index in [0.717, 1.165) is 10.1 Å². The van der Waals surface area contributed by atoms with E-state index in [1.165, 1.54) is 24.2 Å². The minimum atomic E-state index is -0.585. The van der Waals surface area contributed by atoms with E-state index in [1.807, 2.05) is 12.1 Å². The van der Waals surface area contributed by atoms with Crippen LogP contribution in [0.1, 0.15) is 15.9 Å². The van der Waals surface area contributed by atoms with E-state index in [2.05, 4.69) is 20.6 Å². The lowest BCUT2D eigenvalue weighted by Crippen LogP contribution is -2.28. The normalized spacial score (nSPS) is 10.8. The lowest BCUT2D eigenvalue weighted by atomic mass is 10.2. The predicted octanol–water partition coefficient (Wildman–Crippen LogP) is 2.11. The molecule has 32 heavy (non-hydrogen) atoms. The molecule has 0 spiro atoms. The van der Waals surface area contributed by atoms with Gasteiger partial charge in [0.2, 0.25) is 5.91 Å². The lowest BCUT2D eigenvalue weighted by molar-refractivity contribution is -0.116. The Morgan fingerprint density at radius 3 is 2.62 bits per heavy atom. The van der Waals surface area contributed by atoms with Gasteiger partial charge >= 0.3 is 5.97 Å². The number of aromatic nitrogens is 5. The fourth-order valence-corrected chi connectivity index (χ4v) is 3.22. The van der Waals surface area contributed by atoms with Crippen LogP contribution in [0.2, 0.25) is 5.02 Å². The molecule has 10 nitrogen and oxygen atoms in total. The van der Waals surface area contributed by atoms with Crippen LogP contribution < -0.4 is 10.9 Å². The smallest absolute Gasteiger partial charge is 0.339 e. The minimum Gasteiger partial charge on any atom is -0.465 e. The van der Waals surface area contributed by atoms with Crippen LogP contribution in [0.4, 0.5) is 5.69 Å². The monoisotopic (exact) mass is 452 g/mol. The number of para-hydroxylation sites is 1. The van der Waals surface area contributed by atoms with Crippen molar-refractivity contribution in [2.75, 3.05) is 12.4 Å². The van der Waals surface area contributed by atoms with E-state index in [1.54, 1.807) is 30.3 Å². The second-order valence-electron chi connectivity index (χ2n) is 6.81. The lowest BCUT2D eigenvalue weighted by Gasteiger charge is -2.10. The van der Waals surface area contributed by atoms with Crippen molar-refractivity contribution in [3.63, 3.8) is 0 Å². The molecule has 1 N–H and O–H groups in total. The number of anilines is 1. The third kappa shape index (κ3) is 4.35. The van der Waals surface area contributed by atoms with Crippen LogP contribution in [0, 0.1) is 0 Å². The average molecular weight is 453 g/mol. The number of benzene rings is 2. The van der Waals surface area contributed by atoms with E-state index >= 15 is 0 Å². The number of esters is 1. The Morgan fingerprint density at radius 2 is 1.88 bits per heavy atom. The molecule has 0 radical (unpaired) electrons. The Bertz CT molecular complexity index is 1360. The molecule has 2 aromatic heterocycles. The Morgan fingerprint density at radius 1 is 1.12 bits per heavy atom. The van der Waals surface area contributed by atoms with Gasteiger partial charge in [0.1, 0.15) is 12.9 Å². The molecule has 0 bridgehead atoms. The predicted molar refractivity (Wildman–Crippen MR) is 117 cm³/mol. The van der Waals surface area contributed by atoms with Crippen LogP contribution in [-0.2, 0) is 22.6 Å².